The van der Waals surface area contributed by atoms with Crippen LogP contribution in [0.15, 0.2) is 0 Å². The lowest BCUT2D eigenvalue weighted by Gasteiger charge is -2.12. The molecule has 0 saturated heterocycles. The van der Waals surface area contributed by atoms with E-state index < -0.39 is 29.9 Å². The molecule has 0 aromatic rings. The summed E-state index contributed by atoms with van der Waals surface area (Å²) in [4.78, 5) is 44.4. The summed E-state index contributed by atoms with van der Waals surface area (Å²) >= 11 is 1.02. The Kier molecular flexibility index (Phi) is 9.18. The van der Waals surface area contributed by atoms with E-state index in [2.05, 4.69) is 16.0 Å². The molecular formula is C12H21N3O5S. The van der Waals surface area contributed by atoms with E-state index in [0.29, 0.717) is 6.54 Å². The van der Waals surface area contributed by atoms with Gasteiger partial charge in [0.15, 0.2) is 0 Å². The van der Waals surface area contributed by atoms with Gasteiger partial charge in [-0.15, -0.1) is 11.8 Å². The molecule has 8 nitrogen and oxygen atoms in total. The Morgan fingerprint density at radius 3 is 2.29 bits per heavy atom. The van der Waals surface area contributed by atoms with Gasteiger partial charge in [0.05, 0.1) is 5.75 Å². The SMILES string of the molecule is CC(=O)NC(CSCC(=O)NC(=O)NCC(C)C)C(=O)O. The monoisotopic (exact) mass is 319 g/mol. The molecule has 9 heteroatoms. The fraction of sp³-hybridized carbons (Fsp3) is 0.667. The van der Waals surface area contributed by atoms with Gasteiger partial charge in [-0.25, -0.2) is 9.59 Å². The molecule has 0 radical (unpaired) electrons. The van der Waals surface area contributed by atoms with Crippen LogP contribution in [0.4, 0.5) is 4.79 Å². The standard InChI is InChI=1S/C12H21N3O5S/c1-7(2)4-13-12(20)15-10(17)6-21-5-9(11(18)19)14-8(3)16/h7,9H,4-6H2,1-3H3,(H,14,16)(H,18,19)(H2,13,15,17,20). The third-order valence-corrected chi connectivity index (χ3v) is 3.15. The molecular weight excluding hydrogens is 298 g/mol. The average Bonchev–Trinajstić information content (AvgIpc) is 2.34. The van der Waals surface area contributed by atoms with Crippen LogP contribution >= 0.6 is 11.8 Å². The molecule has 0 aromatic heterocycles. The van der Waals surface area contributed by atoms with Crippen molar-refractivity contribution < 1.29 is 24.3 Å². The number of amides is 4. The summed E-state index contributed by atoms with van der Waals surface area (Å²) in [5, 5.41) is 15.8. The van der Waals surface area contributed by atoms with Crippen LogP contribution in [-0.4, -0.2) is 53.0 Å². The average molecular weight is 319 g/mol. The van der Waals surface area contributed by atoms with Crippen molar-refractivity contribution in [2.24, 2.45) is 5.92 Å². The molecule has 0 aliphatic rings. The molecule has 0 heterocycles. The number of carboxylic acid groups (broad SMARTS) is 1. The number of carbonyl (C=O) groups excluding carboxylic acids is 3. The van der Waals surface area contributed by atoms with Crippen molar-refractivity contribution in [2.45, 2.75) is 26.8 Å². The molecule has 0 aliphatic carbocycles. The summed E-state index contributed by atoms with van der Waals surface area (Å²) < 4.78 is 0. The molecule has 4 amide bonds. The summed E-state index contributed by atoms with van der Waals surface area (Å²) in [7, 11) is 0. The summed E-state index contributed by atoms with van der Waals surface area (Å²) in [5.41, 5.74) is 0. The van der Waals surface area contributed by atoms with Gasteiger partial charge in [-0.2, -0.15) is 0 Å². The van der Waals surface area contributed by atoms with Crippen molar-refractivity contribution in [2.75, 3.05) is 18.1 Å². The van der Waals surface area contributed by atoms with Crippen LogP contribution in [0.2, 0.25) is 0 Å². The maximum absolute atomic E-state index is 11.4. The Hall–Kier alpha value is -1.77. The smallest absolute Gasteiger partial charge is 0.327 e. The lowest BCUT2D eigenvalue weighted by atomic mass is 10.2. The number of thioether (sulfide) groups is 1. The lowest BCUT2D eigenvalue weighted by molar-refractivity contribution is -0.140. The third kappa shape index (κ3) is 10.7. The van der Waals surface area contributed by atoms with Crippen LogP contribution in [0.5, 0.6) is 0 Å². The number of carbonyl (C=O) groups is 4. The van der Waals surface area contributed by atoms with Crippen molar-refractivity contribution in [3.63, 3.8) is 0 Å². The zero-order valence-electron chi connectivity index (χ0n) is 12.3. The number of urea groups is 1. The van der Waals surface area contributed by atoms with E-state index in [1.54, 1.807) is 0 Å². The highest BCUT2D eigenvalue weighted by Gasteiger charge is 2.19. The second-order valence-electron chi connectivity index (χ2n) is 4.76. The number of hydrogen-bond donors (Lipinski definition) is 4. The predicted molar refractivity (Wildman–Crippen MR) is 78.9 cm³/mol. The van der Waals surface area contributed by atoms with Gasteiger partial charge >= 0.3 is 12.0 Å². The van der Waals surface area contributed by atoms with Gasteiger partial charge in [0.1, 0.15) is 6.04 Å². The number of nitrogens with one attached hydrogen (secondary N) is 3. The topological polar surface area (TPSA) is 125 Å². The van der Waals surface area contributed by atoms with Gasteiger partial charge in [0.25, 0.3) is 0 Å². The van der Waals surface area contributed by atoms with E-state index in [-0.39, 0.29) is 17.4 Å². The Balaban J connectivity index is 3.99. The number of imide groups is 1. The molecule has 0 aliphatic heterocycles. The molecule has 4 N–H and O–H groups in total. The van der Waals surface area contributed by atoms with Crippen LogP contribution < -0.4 is 16.0 Å². The molecule has 0 bridgehead atoms. The molecule has 0 rings (SSSR count). The predicted octanol–water partition coefficient (Wildman–Crippen LogP) is -0.209. The number of carboxylic acids is 1. The van der Waals surface area contributed by atoms with E-state index in [4.69, 9.17) is 5.11 Å². The molecule has 120 valence electrons. The second-order valence-corrected chi connectivity index (χ2v) is 5.79. The van der Waals surface area contributed by atoms with E-state index in [1.165, 1.54) is 6.92 Å². The molecule has 0 aromatic carbocycles. The highest BCUT2D eigenvalue weighted by molar-refractivity contribution is 8.00. The minimum Gasteiger partial charge on any atom is -0.480 e. The minimum atomic E-state index is -1.17. The summed E-state index contributed by atoms with van der Waals surface area (Å²) in [6.45, 7) is 5.51. The fourth-order valence-electron chi connectivity index (χ4n) is 1.19. The first kappa shape index (κ1) is 19.2. The Morgan fingerprint density at radius 2 is 1.81 bits per heavy atom. The van der Waals surface area contributed by atoms with Gasteiger partial charge in [0, 0.05) is 19.2 Å². The van der Waals surface area contributed by atoms with Crippen LogP contribution in [0, 0.1) is 5.92 Å². The summed E-state index contributed by atoms with van der Waals surface area (Å²) in [6, 6.07) is -1.64. The van der Waals surface area contributed by atoms with Gasteiger partial charge in [0.2, 0.25) is 11.8 Å². The van der Waals surface area contributed by atoms with Crippen LogP contribution in [0.1, 0.15) is 20.8 Å². The highest BCUT2D eigenvalue weighted by Crippen LogP contribution is 2.03. The van der Waals surface area contributed by atoms with Gasteiger partial charge < -0.3 is 15.7 Å². The van der Waals surface area contributed by atoms with Crippen molar-refractivity contribution >= 4 is 35.6 Å². The summed E-state index contributed by atoms with van der Waals surface area (Å²) in [6.07, 6.45) is 0. The zero-order valence-corrected chi connectivity index (χ0v) is 13.1. The number of aliphatic carboxylic acids is 1. The first-order valence-electron chi connectivity index (χ1n) is 6.37. The van der Waals surface area contributed by atoms with Gasteiger partial charge in [-0.05, 0) is 5.92 Å². The van der Waals surface area contributed by atoms with E-state index in [0.717, 1.165) is 11.8 Å². The highest BCUT2D eigenvalue weighted by atomic mass is 32.2. The normalized spacial score (nSPS) is 11.6. The van der Waals surface area contributed by atoms with Crippen LogP contribution in [0.25, 0.3) is 0 Å². The zero-order chi connectivity index (χ0) is 16.4. The molecule has 0 fully saturated rings. The second kappa shape index (κ2) is 10.0. The van der Waals surface area contributed by atoms with E-state index >= 15 is 0 Å². The van der Waals surface area contributed by atoms with E-state index in [9.17, 15) is 19.2 Å². The van der Waals surface area contributed by atoms with Gasteiger partial charge in [-0.3, -0.25) is 14.9 Å². The van der Waals surface area contributed by atoms with Crippen molar-refractivity contribution in [3.8, 4) is 0 Å². The maximum Gasteiger partial charge on any atom is 0.327 e. The van der Waals surface area contributed by atoms with E-state index in [1.807, 2.05) is 13.8 Å². The van der Waals surface area contributed by atoms with Crippen molar-refractivity contribution in [1.82, 2.24) is 16.0 Å². The lowest BCUT2D eigenvalue weighted by Crippen LogP contribution is -2.43. The third-order valence-electron chi connectivity index (χ3n) is 2.12. The fourth-order valence-corrected chi connectivity index (χ4v) is 2.03. The first-order valence-corrected chi connectivity index (χ1v) is 7.53. The molecule has 1 unspecified atom stereocenters. The Labute approximate surface area is 127 Å². The molecule has 1 atom stereocenters. The molecule has 21 heavy (non-hydrogen) atoms. The quantitative estimate of drug-likeness (QED) is 0.491. The number of hydrogen-bond acceptors (Lipinski definition) is 5. The Bertz CT molecular complexity index is 400. The minimum absolute atomic E-state index is 0.0376. The maximum atomic E-state index is 11.4. The largest absolute Gasteiger partial charge is 0.480 e. The Morgan fingerprint density at radius 1 is 1.19 bits per heavy atom. The van der Waals surface area contributed by atoms with Gasteiger partial charge in [-0.1, -0.05) is 13.8 Å². The summed E-state index contributed by atoms with van der Waals surface area (Å²) in [5.74, 6) is -1.91. The van der Waals surface area contributed by atoms with Crippen molar-refractivity contribution in [3.05, 3.63) is 0 Å². The first-order chi connectivity index (χ1) is 9.72. The van der Waals surface area contributed by atoms with Crippen LogP contribution in [-0.2, 0) is 14.4 Å². The van der Waals surface area contributed by atoms with Crippen LogP contribution in [0.3, 0.4) is 0 Å². The molecule has 0 spiro atoms. The van der Waals surface area contributed by atoms with Crippen molar-refractivity contribution in [1.29, 1.82) is 0 Å². The number of rotatable bonds is 8. The molecule has 0 saturated carbocycles.